The third kappa shape index (κ3) is 2.25. The molecule has 1 atom stereocenters. The fraction of sp³-hybridized carbons (Fsp3) is 1.00. The molecule has 0 radical (unpaired) electrons. The Bertz CT molecular complexity index is 245. The topological polar surface area (TPSA) is 66.8 Å². The van der Waals surface area contributed by atoms with Crippen LogP contribution in [0, 0.1) is 5.21 Å². The van der Waals surface area contributed by atoms with Crippen molar-refractivity contribution in [3.05, 3.63) is 5.21 Å². The third-order valence-electron chi connectivity index (χ3n) is 3.58. The Labute approximate surface area is 97.8 Å². The lowest BCUT2D eigenvalue weighted by Crippen LogP contribution is -2.66. The molecule has 1 aliphatic heterocycles. The Morgan fingerprint density at radius 3 is 1.88 bits per heavy atom. The maximum Gasteiger partial charge on any atom is 0.0939 e. The molecular weight excluding hydrogens is 206 g/mol. The van der Waals surface area contributed by atoms with E-state index in [-0.39, 0.29) is 0 Å². The quantitative estimate of drug-likeness (QED) is 0.756. The van der Waals surface area contributed by atoms with Gasteiger partial charge in [-0.2, -0.15) is 0 Å². The molecule has 1 rings (SSSR count). The van der Waals surface area contributed by atoms with E-state index in [4.69, 9.17) is 0 Å². The van der Waals surface area contributed by atoms with Crippen LogP contribution < -0.4 is 0 Å². The van der Waals surface area contributed by atoms with E-state index in [9.17, 15) is 15.4 Å². The van der Waals surface area contributed by atoms with Crippen LogP contribution in [0.2, 0.25) is 0 Å². The van der Waals surface area contributed by atoms with E-state index >= 15 is 0 Å². The molecule has 0 amide bonds. The van der Waals surface area contributed by atoms with Crippen LogP contribution in [-0.4, -0.2) is 38.1 Å². The summed E-state index contributed by atoms with van der Waals surface area (Å²) >= 11 is 0. The Balaban J connectivity index is 3.03. The summed E-state index contributed by atoms with van der Waals surface area (Å²) in [4.78, 5) is 0. The van der Waals surface area contributed by atoms with Gasteiger partial charge >= 0.3 is 0 Å². The van der Waals surface area contributed by atoms with Gasteiger partial charge in [0.25, 0.3) is 0 Å². The van der Waals surface area contributed by atoms with Gasteiger partial charge in [0.15, 0.2) is 0 Å². The summed E-state index contributed by atoms with van der Waals surface area (Å²) < 4.78 is 0. The first kappa shape index (κ1) is 13.9. The normalized spacial score (nSPS) is 30.0. The molecule has 0 aromatic heterocycles. The van der Waals surface area contributed by atoms with Gasteiger partial charge < -0.3 is 20.5 Å². The monoisotopic (exact) mass is 230 g/mol. The smallest absolute Gasteiger partial charge is 0.0939 e. The molecule has 0 aromatic carbocycles. The Morgan fingerprint density at radius 1 is 1.19 bits per heavy atom. The number of rotatable bonds is 2. The van der Waals surface area contributed by atoms with E-state index in [1.54, 1.807) is 0 Å². The number of hydroxylamine groups is 2. The van der Waals surface area contributed by atoms with E-state index in [1.165, 1.54) is 0 Å². The van der Waals surface area contributed by atoms with Crippen LogP contribution in [0.1, 0.15) is 53.9 Å². The van der Waals surface area contributed by atoms with Crippen molar-refractivity contribution in [1.29, 1.82) is 0 Å². The van der Waals surface area contributed by atoms with Crippen LogP contribution in [0.5, 0.6) is 0 Å². The second-order valence-corrected chi connectivity index (χ2v) is 6.30. The molecule has 1 fully saturated rings. The highest BCUT2D eigenvalue weighted by molar-refractivity contribution is 5.08. The first-order chi connectivity index (χ1) is 7.05. The molecular formula is C12H24NO3-. The first-order valence-electron chi connectivity index (χ1n) is 5.93. The number of aliphatic hydroxyl groups excluding tert-OH is 1. The number of hydrogen-bond donors (Lipinski definition) is 2. The van der Waals surface area contributed by atoms with E-state index < -0.39 is 22.8 Å². The Kier molecular flexibility index (Phi) is 3.43. The van der Waals surface area contributed by atoms with Crippen molar-refractivity contribution in [1.82, 2.24) is 5.06 Å². The molecule has 96 valence electrons. The lowest BCUT2D eigenvalue weighted by atomic mass is 9.69. The van der Waals surface area contributed by atoms with Gasteiger partial charge in [-0.1, -0.05) is 6.92 Å². The third-order valence-corrected chi connectivity index (χ3v) is 3.58. The van der Waals surface area contributed by atoms with Gasteiger partial charge in [0.2, 0.25) is 0 Å². The summed E-state index contributed by atoms with van der Waals surface area (Å²) in [5, 5.41) is 33.6. The predicted octanol–water partition coefficient (Wildman–Crippen LogP) is 1.64. The molecule has 0 aliphatic carbocycles. The fourth-order valence-corrected chi connectivity index (χ4v) is 3.14. The maximum atomic E-state index is 12.1. The van der Waals surface area contributed by atoms with Crippen molar-refractivity contribution in [2.75, 3.05) is 0 Å². The van der Waals surface area contributed by atoms with Crippen LogP contribution in [0.3, 0.4) is 0 Å². The van der Waals surface area contributed by atoms with Crippen LogP contribution in [-0.2, 0) is 0 Å². The summed E-state index contributed by atoms with van der Waals surface area (Å²) in [6.45, 7) is 9.09. The summed E-state index contributed by atoms with van der Waals surface area (Å²) in [5.74, 6) is 0. The minimum atomic E-state index is -1.15. The van der Waals surface area contributed by atoms with Gasteiger partial charge in [-0.25, -0.2) is 0 Å². The van der Waals surface area contributed by atoms with Crippen LogP contribution >= 0.6 is 0 Å². The molecule has 1 heterocycles. The maximum absolute atomic E-state index is 12.1. The molecule has 2 N–H and O–H groups in total. The van der Waals surface area contributed by atoms with Gasteiger partial charge in [0.05, 0.1) is 11.7 Å². The minimum absolute atomic E-state index is 0.307. The van der Waals surface area contributed by atoms with Crippen molar-refractivity contribution < 1.29 is 10.2 Å². The molecule has 1 aliphatic rings. The number of aliphatic hydroxyl groups is 2. The summed E-state index contributed by atoms with van der Waals surface area (Å²) in [6, 6.07) is 0. The van der Waals surface area contributed by atoms with E-state index in [2.05, 4.69) is 0 Å². The van der Waals surface area contributed by atoms with Gasteiger partial charge in [-0.3, -0.25) is 0 Å². The Morgan fingerprint density at radius 2 is 1.56 bits per heavy atom. The lowest BCUT2D eigenvalue weighted by Gasteiger charge is -2.62. The van der Waals surface area contributed by atoms with Crippen LogP contribution in [0.25, 0.3) is 0 Å². The zero-order chi connectivity index (χ0) is 12.8. The average molecular weight is 230 g/mol. The average Bonchev–Trinajstić information content (AvgIpc) is 2.11. The van der Waals surface area contributed by atoms with Gasteiger partial charge in [0.1, 0.15) is 0 Å². The SMILES string of the molecule is CCC(O)C1(O)CC(C)(C)N([O-])C(C)(C)C1. The largest absolute Gasteiger partial charge is 0.784 e. The predicted molar refractivity (Wildman–Crippen MR) is 63.8 cm³/mol. The first-order valence-corrected chi connectivity index (χ1v) is 5.93. The molecule has 16 heavy (non-hydrogen) atoms. The van der Waals surface area contributed by atoms with Crippen molar-refractivity contribution in [3.63, 3.8) is 0 Å². The van der Waals surface area contributed by atoms with Gasteiger partial charge in [-0.15, -0.1) is 0 Å². The second kappa shape index (κ2) is 3.95. The highest BCUT2D eigenvalue weighted by Crippen LogP contribution is 2.44. The molecule has 0 saturated carbocycles. The van der Waals surface area contributed by atoms with Crippen LogP contribution in [0.15, 0.2) is 0 Å². The zero-order valence-corrected chi connectivity index (χ0v) is 10.9. The summed E-state index contributed by atoms with van der Waals surface area (Å²) in [6.07, 6.45) is 0.352. The van der Waals surface area contributed by atoms with Crippen LogP contribution in [0.4, 0.5) is 0 Å². The molecule has 4 nitrogen and oxygen atoms in total. The Hall–Kier alpha value is -0.160. The number of piperidine rings is 1. The van der Waals surface area contributed by atoms with Gasteiger partial charge in [-0.05, 0) is 47.0 Å². The summed E-state index contributed by atoms with van der Waals surface area (Å²) in [5.41, 5.74) is -2.44. The standard InChI is InChI=1S/C12H24NO3/c1-6-9(14)12(15)7-10(2,3)13(16)11(4,5)8-12/h9,14-15H,6-8H2,1-5H3/q-1. The number of nitrogens with zero attached hydrogens (tertiary/aromatic N) is 1. The lowest BCUT2D eigenvalue weighted by molar-refractivity contribution is -0.167. The highest BCUT2D eigenvalue weighted by atomic mass is 16.5. The van der Waals surface area contributed by atoms with Crippen molar-refractivity contribution in [3.8, 4) is 0 Å². The molecule has 0 spiro atoms. The van der Waals surface area contributed by atoms with E-state index in [0.29, 0.717) is 19.3 Å². The fourth-order valence-electron chi connectivity index (χ4n) is 3.14. The van der Waals surface area contributed by atoms with Crippen molar-refractivity contribution >= 4 is 0 Å². The highest BCUT2D eigenvalue weighted by Gasteiger charge is 2.50. The second-order valence-electron chi connectivity index (χ2n) is 6.30. The number of hydrogen-bond acceptors (Lipinski definition) is 4. The van der Waals surface area contributed by atoms with E-state index in [1.807, 2.05) is 34.6 Å². The molecule has 1 saturated heterocycles. The summed E-state index contributed by atoms with van der Waals surface area (Å²) in [7, 11) is 0. The molecule has 0 bridgehead atoms. The van der Waals surface area contributed by atoms with E-state index in [0.717, 1.165) is 5.06 Å². The zero-order valence-electron chi connectivity index (χ0n) is 10.9. The molecule has 4 heteroatoms. The molecule has 0 aromatic rings. The molecule has 1 unspecified atom stereocenters. The van der Waals surface area contributed by atoms with Crippen molar-refractivity contribution in [2.45, 2.75) is 76.7 Å². The van der Waals surface area contributed by atoms with Gasteiger partial charge in [0, 0.05) is 11.1 Å². The minimum Gasteiger partial charge on any atom is -0.784 e. The van der Waals surface area contributed by atoms with Crippen molar-refractivity contribution in [2.24, 2.45) is 0 Å².